The Morgan fingerprint density at radius 2 is 2.12 bits per heavy atom. The summed E-state index contributed by atoms with van der Waals surface area (Å²) in [5, 5.41) is 8.93. The van der Waals surface area contributed by atoms with Gasteiger partial charge in [0.25, 0.3) is 0 Å². The molecule has 0 radical (unpaired) electrons. The van der Waals surface area contributed by atoms with Gasteiger partial charge in [0.2, 0.25) is 4.47 Å². The molecule has 1 aromatic heterocycles. The first-order chi connectivity index (χ1) is 7.67. The fourth-order valence-electron chi connectivity index (χ4n) is 1.55. The molecule has 1 atom stereocenters. The zero-order valence-corrected chi connectivity index (χ0v) is 11.8. The molecule has 1 unspecified atom stereocenters. The Balaban J connectivity index is 2.55. The number of hydrogen-bond donors (Lipinski definition) is 0. The predicted molar refractivity (Wildman–Crippen MR) is 70.0 cm³/mol. The Kier molecular flexibility index (Phi) is 6.24. The topological polar surface area (TPSA) is 29.0 Å². The Hall–Kier alpha value is -0.190. The zero-order chi connectivity index (χ0) is 12.0. The maximum Gasteiger partial charge on any atom is 0.207 e. The summed E-state index contributed by atoms with van der Waals surface area (Å²) in [7, 11) is 0. The number of nitrogens with zero attached hydrogens (tertiary/aromatic N) is 3. The lowest BCUT2D eigenvalue weighted by molar-refractivity contribution is 0.191. The lowest BCUT2D eigenvalue weighted by Crippen LogP contribution is -2.32. The van der Waals surface area contributed by atoms with E-state index in [1.165, 1.54) is 24.2 Å². The molecule has 0 fully saturated rings. The summed E-state index contributed by atoms with van der Waals surface area (Å²) in [6.07, 6.45) is 3.62. The van der Waals surface area contributed by atoms with Gasteiger partial charge in [0, 0.05) is 6.04 Å². The van der Waals surface area contributed by atoms with Gasteiger partial charge in [-0.25, -0.2) is 0 Å². The Bertz CT molecular complexity index is 303. The first kappa shape index (κ1) is 13.9. The van der Waals surface area contributed by atoms with Gasteiger partial charge in [-0.15, -0.1) is 10.2 Å². The van der Waals surface area contributed by atoms with Crippen LogP contribution in [-0.4, -0.2) is 27.7 Å². The SMILES string of the molecule is CCCCN(Cc1nnc(Cl)s1)C(C)CC. The highest BCUT2D eigenvalue weighted by Crippen LogP contribution is 2.18. The molecular weight excluding hydrogens is 242 g/mol. The van der Waals surface area contributed by atoms with Gasteiger partial charge < -0.3 is 0 Å². The molecule has 1 aromatic rings. The molecule has 0 amide bonds. The molecule has 0 aliphatic rings. The molecule has 0 aromatic carbocycles. The molecule has 3 nitrogen and oxygen atoms in total. The summed E-state index contributed by atoms with van der Waals surface area (Å²) in [5.41, 5.74) is 0. The summed E-state index contributed by atoms with van der Waals surface area (Å²) in [6.45, 7) is 8.70. The Morgan fingerprint density at radius 1 is 1.38 bits per heavy atom. The zero-order valence-electron chi connectivity index (χ0n) is 10.2. The van der Waals surface area contributed by atoms with Gasteiger partial charge in [0.05, 0.1) is 6.54 Å². The van der Waals surface area contributed by atoms with Crippen LogP contribution in [-0.2, 0) is 6.54 Å². The third-order valence-corrected chi connectivity index (χ3v) is 3.80. The molecular formula is C11H20ClN3S. The van der Waals surface area contributed by atoms with Crippen LogP contribution >= 0.6 is 22.9 Å². The van der Waals surface area contributed by atoms with Gasteiger partial charge in [0.1, 0.15) is 5.01 Å². The molecule has 5 heteroatoms. The summed E-state index contributed by atoms with van der Waals surface area (Å²) < 4.78 is 0.537. The Morgan fingerprint density at radius 3 is 2.62 bits per heavy atom. The van der Waals surface area contributed by atoms with E-state index < -0.39 is 0 Å². The van der Waals surface area contributed by atoms with Crippen molar-refractivity contribution in [2.45, 2.75) is 52.6 Å². The quantitative estimate of drug-likeness (QED) is 0.751. The third kappa shape index (κ3) is 4.36. The van der Waals surface area contributed by atoms with Gasteiger partial charge in [-0.2, -0.15) is 0 Å². The first-order valence-electron chi connectivity index (χ1n) is 5.89. The van der Waals surface area contributed by atoms with E-state index in [1.807, 2.05) is 0 Å². The van der Waals surface area contributed by atoms with Crippen molar-refractivity contribution in [1.29, 1.82) is 0 Å². The fourth-order valence-corrected chi connectivity index (χ4v) is 2.44. The fraction of sp³-hybridized carbons (Fsp3) is 0.818. The third-order valence-electron chi connectivity index (χ3n) is 2.79. The van der Waals surface area contributed by atoms with Crippen molar-refractivity contribution in [3.63, 3.8) is 0 Å². The van der Waals surface area contributed by atoms with E-state index in [4.69, 9.17) is 11.6 Å². The van der Waals surface area contributed by atoms with Crippen molar-refractivity contribution in [1.82, 2.24) is 15.1 Å². The van der Waals surface area contributed by atoms with Crippen LogP contribution in [0.25, 0.3) is 0 Å². The van der Waals surface area contributed by atoms with Crippen molar-refractivity contribution in [3.8, 4) is 0 Å². The second-order valence-electron chi connectivity index (χ2n) is 4.03. The molecule has 0 bridgehead atoms. The van der Waals surface area contributed by atoms with Crippen LogP contribution in [0.1, 0.15) is 45.0 Å². The van der Waals surface area contributed by atoms with Crippen LogP contribution in [0.2, 0.25) is 4.47 Å². The second kappa shape index (κ2) is 7.20. The number of aromatic nitrogens is 2. The minimum Gasteiger partial charge on any atom is -0.294 e. The minimum atomic E-state index is 0.537. The molecule has 0 saturated heterocycles. The van der Waals surface area contributed by atoms with Crippen molar-refractivity contribution >= 4 is 22.9 Å². The second-order valence-corrected chi connectivity index (χ2v) is 5.67. The average Bonchev–Trinajstić information content (AvgIpc) is 2.69. The van der Waals surface area contributed by atoms with Gasteiger partial charge in [-0.1, -0.05) is 31.6 Å². The van der Waals surface area contributed by atoms with Crippen LogP contribution < -0.4 is 0 Å². The monoisotopic (exact) mass is 261 g/mol. The van der Waals surface area contributed by atoms with Crippen LogP contribution in [0.3, 0.4) is 0 Å². The van der Waals surface area contributed by atoms with Gasteiger partial charge >= 0.3 is 0 Å². The first-order valence-corrected chi connectivity index (χ1v) is 7.08. The highest BCUT2D eigenvalue weighted by Gasteiger charge is 2.14. The van der Waals surface area contributed by atoms with Crippen molar-refractivity contribution in [2.24, 2.45) is 0 Å². The normalized spacial score (nSPS) is 13.3. The number of halogens is 1. The van der Waals surface area contributed by atoms with Gasteiger partial charge in [-0.3, -0.25) is 4.90 Å². The van der Waals surface area contributed by atoms with E-state index in [9.17, 15) is 0 Å². The molecule has 92 valence electrons. The molecule has 0 spiro atoms. The largest absolute Gasteiger partial charge is 0.294 e. The van der Waals surface area contributed by atoms with Gasteiger partial charge in [-0.05, 0) is 37.9 Å². The maximum absolute atomic E-state index is 5.79. The number of rotatable bonds is 7. The standard InChI is InChI=1S/C11H20ClN3S/c1-4-6-7-15(9(3)5-2)8-10-13-14-11(12)16-10/h9H,4-8H2,1-3H3. The maximum atomic E-state index is 5.79. The molecule has 16 heavy (non-hydrogen) atoms. The molecule has 0 aliphatic carbocycles. The highest BCUT2D eigenvalue weighted by atomic mass is 35.5. The smallest absolute Gasteiger partial charge is 0.207 e. The summed E-state index contributed by atoms with van der Waals surface area (Å²) in [4.78, 5) is 2.46. The molecule has 0 aliphatic heterocycles. The summed E-state index contributed by atoms with van der Waals surface area (Å²) in [6, 6.07) is 0.592. The number of unbranched alkanes of at least 4 members (excludes halogenated alkanes) is 1. The van der Waals surface area contributed by atoms with Crippen LogP contribution in [0, 0.1) is 0 Å². The van der Waals surface area contributed by atoms with E-state index in [0.717, 1.165) is 24.5 Å². The molecule has 0 N–H and O–H groups in total. The van der Waals surface area contributed by atoms with E-state index in [-0.39, 0.29) is 0 Å². The lowest BCUT2D eigenvalue weighted by Gasteiger charge is -2.27. The predicted octanol–water partition coefficient (Wildman–Crippen LogP) is 3.59. The molecule has 0 saturated carbocycles. The van der Waals surface area contributed by atoms with E-state index in [2.05, 4.69) is 35.9 Å². The van der Waals surface area contributed by atoms with Gasteiger partial charge in [0.15, 0.2) is 0 Å². The van der Waals surface area contributed by atoms with Crippen molar-refractivity contribution in [3.05, 3.63) is 9.47 Å². The Labute approximate surface area is 107 Å². The minimum absolute atomic E-state index is 0.537. The van der Waals surface area contributed by atoms with Crippen molar-refractivity contribution < 1.29 is 0 Å². The average molecular weight is 262 g/mol. The van der Waals surface area contributed by atoms with E-state index >= 15 is 0 Å². The molecule has 1 heterocycles. The van der Waals surface area contributed by atoms with Crippen LogP contribution in [0.15, 0.2) is 0 Å². The lowest BCUT2D eigenvalue weighted by atomic mass is 10.2. The summed E-state index contributed by atoms with van der Waals surface area (Å²) in [5.74, 6) is 0. The highest BCUT2D eigenvalue weighted by molar-refractivity contribution is 7.15. The van der Waals surface area contributed by atoms with Crippen molar-refractivity contribution in [2.75, 3.05) is 6.54 Å². The summed E-state index contributed by atoms with van der Waals surface area (Å²) >= 11 is 7.27. The van der Waals surface area contributed by atoms with Crippen LogP contribution in [0.4, 0.5) is 0 Å². The molecule has 1 rings (SSSR count). The number of hydrogen-bond acceptors (Lipinski definition) is 4. The van der Waals surface area contributed by atoms with E-state index in [1.54, 1.807) is 0 Å². The van der Waals surface area contributed by atoms with Crippen LogP contribution in [0.5, 0.6) is 0 Å². The van der Waals surface area contributed by atoms with E-state index in [0.29, 0.717) is 10.5 Å².